The van der Waals surface area contributed by atoms with Crippen LogP contribution in [0.4, 0.5) is 5.69 Å². The summed E-state index contributed by atoms with van der Waals surface area (Å²) in [6.45, 7) is 3.32. The van der Waals surface area contributed by atoms with E-state index in [-0.39, 0.29) is 11.5 Å². The van der Waals surface area contributed by atoms with Crippen LogP contribution in [0.2, 0.25) is 0 Å². The SMILES string of the molecule is C=CC(=O)c1ccccc1N=O. The molecule has 3 nitrogen and oxygen atoms in total. The normalized spacial score (nSPS) is 9.00. The molecule has 0 aromatic heterocycles. The highest BCUT2D eigenvalue weighted by Gasteiger charge is 2.06. The maximum absolute atomic E-state index is 11.1. The number of ketones is 1. The summed E-state index contributed by atoms with van der Waals surface area (Å²) >= 11 is 0. The maximum atomic E-state index is 11.1. The lowest BCUT2D eigenvalue weighted by molar-refractivity contribution is 0.104. The Morgan fingerprint density at radius 3 is 2.67 bits per heavy atom. The molecule has 0 amide bonds. The number of nitrogens with zero attached hydrogens (tertiary/aromatic N) is 1. The number of rotatable bonds is 3. The number of carbonyl (C=O) groups excluding carboxylic acids is 1. The van der Waals surface area contributed by atoms with E-state index in [0.717, 1.165) is 6.08 Å². The van der Waals surface area contributed by atoms with E-state index in [9.17, 15) is 9.70 Å². The van der Waals surface area contributed by atoms with E-state index in [0.29, 0.717) is 5.56 Å². The van der Waals surface area contributed by atoms with Crippen molar-refractivity contribution in [2.24, 2.45) is 5.18 Å². The molecule has 12 heavy (non-hydrogen) atoms. The molecule has 0 N–H and O–H groups in total. The molecule has 0 bridgehead atoms. The Hall–Kier alpha value is -1.77. The topological polar surface area (TPSA) is 46.5 Å². The van der Waals surface area contributed by atoms with Crippen molar-refractivity contribution in [3.63, 3.8) is 0 Å². The van der Waals surface area contributed by atoms with Crippen LogP contribution in [0.1, 0.15) is 10.4 Å². The van der Waals surface area contributed by atoms with Gasteiger partial charge in [0.05, 0.1) is 5.56 Å². The van der Waals surface area contributed by atoms with Gasteiger partial charge in [0.15, 0.2) is 5.78 Å². The van der Waals surface area contributed by atoms with E-state index >= 15 is 0 Å². The lowest BCUT2D eigenvalue weighted by Gasteiger charge is -1.96. The molecular weight excluding hydrogens is 154 g/mol. The predicted octanol–water partition coefficient (Wildman–Crippen LogP) is 2.45. The fourth-order valence-corrected chi connectivity index (χ4v) is 0.872. The predicted molar refractivity (Wildman–Crippen MR) is 46.4 cm³/mol. The van der Waals surface area contributed by atoms with Gasteiger partial charge in [-0.2, -0.15) is 0 Å². The standard InChI is InChI=1S/C9H7NO2/c1-2-9(11)7-5-3-4-6-8(7)10-12/h2-6H,1H2. The highest BCUT2D eigenvalue weighted by molar-refractivity contribution is 6.07. The molecule has 0 radical (unpaired) electrons. The van der Waals surface area contributed by atoms with E-state index in [2.05, 4.69) is 11.8 Å². The summed E-state index contributed by atoms with van der Waals surface area (Å²) in [7, 11) is 0. The Bertz CT molecular complexity index is 331. The van der Waals surface area contributed by atoms with Crippen molar-refractivity contribution in [2.75, 3.05) is 0 Å². The van der Waals surface area contributed by atoms with Gasteiger partial charge in [-0.15, -0.1) is 4.91 Å². The summed E-state index contributed by atoms with van der Waals surface area (Å²) in [4.78, 5) is 21.3. The lowest BCUT2D eigenvalue weighted by Crippen LogP contribution is -1.92. The van der Waals surface area contributed by atoms with Gasteiger partial charge in [-0.3, -0.25) is 4.79 Å². The quantitative estimate of drug-likeness (QED) is 0.388. The van der Waals surface area contributed by atoms with Crippen LogP contribution in [-0.4, -0.2) is 5.78 Å². The van der Waals surface area contributed by atoms with Crippen LogP contribution in [0.15, 0.2) is 42.1 Å². The number of hydrogen-bond donors (Lipinski definition) is 0. The molecule has 3 heteroatoms. The van der Waals surface area contributed by atoms with E-state index in [1.54, 1.807) is 18.2 Å². The minimum absolute atomic E-state index is 0.155. The van der Waals surface area contributed by atoms with Gasteiger partial charge in [-0.05, 0) is 23.4 Å². The molecule has 1 aromatic carbocycles. The molecule has 1 aromatic rings. The van der Waals surface area contributed by atoms with Gasteiger partial charge in [-0.25, -0.2) is 0 Å². The summed E-state index contributed by atoms with van der Waals surface area (Å²) < 4.78 is 0. The number of carbonyl (C=O) groups is 1. The Balaban J connectivity index is 3.21. The van der Waals surface area contributed by atoms with Gasteiger partial charge in [-0.1, -0.05) is 18.7 Å². The van der Waals surface area contributed by atoms with Crippen LogP contribution in [0.5, 0.6) is 0 Å². The van der Waals surface area contributed by atoms with E-state index in [4.69, 9.17) is 0 Å². The number of nitroso groups, excluding NO2 is 1. The minimum atomic E-state index is -0.287. The van der Waals surface area contributed by atoms with Gasteiger partial charge in [0.25, 0.3) is 0 Å². The average molecular weight is 161 g/mol. The number of benzene rings is 1. The van der Waals surface area contributed by atoms with Crippen LogP contribution in [0, 0.1) is 4.91 Å². The second kappa shape index (κ2) is 3.57. The molecule has 0 saturated carbocycles. The first kappa shape index (κ1) is 8.33. The zero-order valence-corrected chi connectivity index (χ0v) is 6.36. The maximum Gasteiger partial charge on any atom is 0.187 e. The fourth-order valence-electron chi connectivity index (χ4n) is 0.872. The highest BCUT2D eigenvalue weighted by Crippen LogP contribution is 2.18. The summed E-state index contributed by atoms with van der Waals surface area (Å²) in [6, 6.07) is 6.35. The third kappa shape index (κ3) is 1.45. The molecule has 60 valence electrons. The molecule has 0 heterocycles. The summed E-state index contributed by atoms with van der Waals surface area (Å²) in [5.41, 5.74) is 0.449. The van der Waals surface area contributed by atoms with Crippen molar-refractivity contribution < 1.29 is 4.79 Å². The molecule has 1 rings (SSSR count). The van der Waals surface area contributed by atoms with Crippen LogP contribution in [0.25, 0.3) is 0 Å². The molecule has 0 spiro atoms. The van der Waals surface area contributed by atoms with Crippen molar-refractivity contribution in [3.8, 4) is 0 Å². The Labute approximate surface area is 69.7 Å². The van der Waals surface area contributed by atoms with Crippen molar-refractivity contribution in [3.05, 3.63) is 47.4 Å². The summed E-state index contributed by atoms with van der Waals surface area (Å²) in [6.07, 6.45) is 1.16. The van der Waals surface area contributed by atoms with Crippen LogP contribution in [-0.2, 0) is 0 Å². The van der Waals surface area contributed by atoms with E-state index in [1.165, 1.54) is 6.07 Å². The smallest absolute Gasteiger partial charge is 0.187 e. The number of hydrogen-bond acceptors (Lipinski definition) is 3. The largest absolute Gasteiger partial charge is 0.289 e. The third-order valence-corrected chi connectivity index (χ3v) is 1.45. The molecule has 0 saturated heterocycles. The number of allylic oxidation sites excluding steroid dienone is 1. The lowest BCUT2D eigenvalue weighted by atomic mass is 10.1. The second-order valence-corrected chi connectivity index (χ2v) is 2.18. The van der Waals surface area contributed by atoms with Crippen molar-refractivity contribution in [1.29, 1.82) is 0 Å². The minimum Gasteiger partial charge on any atom is -0.289 e. The van der Waals surface area contributed by atoms with Gasteiger partial charge in [0.2, 0.25) is 0 Å². The first-order valence-corrected chi connectivity index (χ1v) is 3.38. The van der Waals surface area contributed by atoms with Crippen molar-refractivity contribution in [1.82, 2.24) is 0 Å². The van der Waals surface area contributed by atoms with E-state index < -0.39 is 0 Å². The highest BCUT2D eigenvalue weighted by atomic mass is 16.3. The molecule has 0 aliphatic rings. The Morgan fingerprint density at radius 1 is 1.42 bits per heavy atom. The fraction of sp³-hybridized carbons (Fsp3) is 0. The Kier molecular flexibility index (Phi) is 2.48. The van der Waals surface area contributed by atoms with Gasteiger partial charge in [0.1, 0.15) is 5.69 Å². The Morgan fingerprint density at radius 2 is 2.08 bits per heavy atom. The first-order chi connectivity index (χ1) is 5.79. The van der Waals surface area contributed by atoms with Gasteiger partial charge in [0, 0.05) is 0 Å². The van der Waals surface area contributed by atoms with Gasteiger partial charge < -0.3 is 0 Å². The monoisotopic (exact) mass is 161 g/mol. The van der Waals surface area contributed by atoms with Crippen molar-refractivity contribution >= 4 is 11.5 Å². The zero-order valence-electron chi connectivity index (χ0n) is 6.36. The molecular formula is C9H7NO2. The molecule has 0 unspecified atom stereocenters. The van der Waals surface area contributed by atoms with Crippen molar-refractivity contribution in [2.45, 2.75) is 0 Å². The van der Waals surface area contributed by atoms with Crippen LogP contribution < -0.4 is 0 Å². The van der Waals surface area contributed by atoms with Gasteiger partial charge >= 0.3 is 0 Å². The third-order valence-electron chi connectivity index (χ3n) is 1.45. The second-order valence-electron chi connectivity index (χ2n) is 2.18. The molecule has 0 aliphatic carbocycles. The summed E-state index contributed by atoms with van der Waals surface area (Å²) in [5.74, 6) is -0.287. The molecule has 0 fully saturated rings. The average Bonchev–Trinajstić information content (AvgIpc) is 2.16. The van der Waals surface area contributed by atoms with E-state index in [1.807, 2.05) is 0 Å². The first-order valence-electron chi connectivity index (χ1n) is 3.38. The molecule has 0 aliphatic heterocycles. The molecule has 0 atom stereocenters. The zero-order chi connectivity index (χ0) is 8.97. The van der Waals surface area contributed by atoms with Crippen LogP contribution in [0.3, 0.4) is 0 Å². The summed E-state index contributed by atoms with van der Waals surface area (Å²) in [5, 5.41) is 2.72. The van der Waals surface area contributed by atoms with Crippen LogP contribution >= 0.6 is 0 Å².